The van der Waals surface area contributed by atoms with E-state index in [1.165, 1.54) is 11.6 Å². The molecule has 0 aliphatic carbocycles. The number of pyridine rings is 1. The number of likely N-dealkylation sites (tertiary alicyclic amines) is 1. The first-order valence-electron chi connectivity index (χ1n) is 12.2. The van der Waals surface area contributed by atoms with Crippen LogP contribution in [-0.4, -0.2) is 41.5 Å². The highest BCUT2D eigenvalue weighted by molar-refractivity contribution is 5.98. The second-order valence-electron chi connectivity index (χ2n) is 9.78. The molecule has 3 N–H and O–H groups in total. The second kappa shape index (κ2) is 9.38. The number of nitrogens with zero attached hydrogens (tertiary/aromatic N) is 2. The van der Waals surface area contributed by atoms with E-state index >= 15 is 0 Å². The molecule has 0 spiro atoms. The molecule has 1 saturated heterocycles. The lowest BCUT2D eigenvalue weighted by Gasteiger charge is -2.34. The summed E-state index contributed by atoms with van der Waals surface area (Å²) in [5.74, 6) is -1.22. The molecule has 2 aliphatic rings. The van der Waals surface area contributed by atoms with Crippen LogP contribution in [0.4, 0.5) is 14.6 Å². The summed E-state index contributed by atoms with van der Waals surface area (Å²) in [4.78, 5) is 18.5. The maximum absolute atomic E-state index is 14.9. The number of fused-ring (bicyclic) bond motifs is 1. The van der Waals surface area contributed by atoms with Gasteiger partial charge in [0.1, 0.15) is 11.6 Å². The van der Waals surface area contributed by atoms with Gasteiger partial charge in [-0.2, -0.15) is 4.39 Å². The third-order valence-electron chi connectivity index (χ3n) is 7.35. The van der Waals surface area contributed by atoms with Crippen molar-refractivity contribution in [2.45, 2.75) is 45.1 Å². The van der Waals surface area contributed by atoms with Crippen molar-refractivity contribution < 1.29 is 13.6 Å². The number of hydrogen-bond donors (Lipinski definition) is 2. The Bertz CT molecular complexity index is 1260. The van der Waals surface area contributed by atoms with Crippen molar-refractivity contribution in [3.8, 4) is 22.3 Å². The van der Waals surface area contributed by atoms with Gasteiger partial charge in [-0.25, -0.2) is 9.37 Å². The number of rotatable bonds is 4. The van der Waals surface area contributed by atoms with Gasteiger partial charge >= 0.3 is 0 Å². The van der Waals surface area contributed by atoms with Crippen LogP contribution in [0.2, 0.25) is 0 Å². The zero-order chi connectivity index (χ0) is 24.7. The third kappa shape index (κ3) is 4.52. The van der Waals surface area contributed by atoms with Crippen molar-refractivity contribution in [1.82, 2.24) is 15.2 Å². The van der Waals surface area contributed by atoms with Gasteiger partial charge in [-0.05, 0) is 92.6 Å². The molecule has 3 heterocycles. The van der Waals surface area contributed by atoms with E-state index < -0.39 is 17.7 Å². The minimum Gasteiger partial charge on any atom is -0.383 e. The molecule has 1 amide bonds. The van der Waals surface area contributed by atoms with Crippen molar-refractivity contribution in [3.05, 3.63) is 70.9 Å². The molecule has 2 aromatic carbocycles. The molecule has 5 nitrogen and oxygen atoms in total. The predicted molar refractivity (Wildman–Crippen MR) is 134 cm³/mol. The first-order valence-corrected chi connectivity index (χ1v) is 12.2. The van der Waals surface area contributed by atoms with Gasteiger partial charge in [-0.15, -0.1) is 0 Å². The molecule has 0 saturated carbocycles. The molecule has 3 aromatic rings. The van der Waals surface area contributed by atoms with E-state index in [2.05, 4.69) is 41.2 Å². The van der Waals surface area contributed by atoms with Gasteiger partial charge in [0.2, 0.25) is 5.95 Å². The lowest BCUT2D eigenvalue weighted by molar-refractivity contribution is 0.0941. The molecule has 1 fully saturated rings. The van der Waals surface area contributed by atoms with Crippen LogP contribution in [0.15, 0.2) is 42.5 Å². The molecular weight excluding hydrogens is 446 g/mol. The fraction of sp³-hybridized carbons (Fsp3) is 0.357. The smallest absolute Gasteiger partial charge is 0.254 e. The zero-order valence-corrected chi connectivity index (χ0v) is 20.1. The van der Waals surface area contributed by atoms with Crippen LogP contribution in [-0.2, 0) is 6.42 Å². The van der Waals surface area contributed by atoms with E-state index in [4.69, 9.17) is 5.73 Å². The summed E-state index contributed by atoms with van der Waals surface area (Å²) in [6.07, 6.45) is 2.74. The Hall–Kier alpha value is -3.32. The SMILES string of the molecule is CC(C)N1CCC(c2ccc(-c3cc(-c4cc(F)c5c(c4)CCNC5=O)c(N)nc3F)cc2)CC1. The van der Waals surface area contributed by atoms with Crippen LogP contribution in [0.25, 0.3) is 22.3 Å². The van der Waals surface area contributed by atoms with Crippen molar-refractivity contribution in [2.75, 3.05) is 25.4 Å². The molecule has 182 valence electrons. The maximum Gasteiger partial charge on any atom is 0.254 e. The lowest BCUT2D eigenvalue weighted by Crippen LogP contribution is -2.37. The summed E-state index contributed by atoms with van der Waals surface area (Å²) < 4.78 is 29.7. The Labute approximate surface area is 204 Å². The second-order valence-corrected chi connectivity index (χ2v) is 9.78. The minimum absolute atomic E-state index is 0.0145. The summed E-state index contributed by atoms with van der Waals surface area (Å²) in [7, 11) is 0. The minimum atomic E-state index is -0.665. The monoisotopic (exact) mass is 476 g/mol. The average Bonchev–Trinajstić information content (AvgIpc) is 2.84. The van der Waals surface area contributed by atoms with E-state index in [-0.39, 0.29) is 11.4 Å². The normalized spacial score (nSPS) is 16.9. The quantitative estimate of drug-likeness (QED) is 0.511. The number of carbonyl (C=O) groups excluding carboxylic acids is 1. The third-order valence-corrected chi connectivity index (χ3v) is 7.35. The van der Waals surface area contributed by atoms with E-state index in [0.29, 0.717) is 52.7 Å². The lowest BCUT2D eigenvalue weighted by atomic mass is 9.88. The molecular formula is C28H30F2N4O. The van der Waals surface area contributed by atoms with Crippen LogP contribution in [0, 0.1) is 11.8 Å². The highest BCUT2D eigenvalue weighted by Gasteiger charge is 2.24. The summed E-state index contributed by atoms with van der Waals surface area (Å²) in [5, 5.41) is 2.65. The number of benzene rings is 2. The first-order chi connectivity index (χ1) is 16.8. The van der Waals surface area contributed by atoms with Crippen LogP contribution >= 0.6 is 0 Å². The number of nitrogens with one attached hydrogen (secondary N) is 1. The van der Waals surface area contributed by atoms with Crippen molar-refractivity contribution in [1.29, 1.82) is 0 Å². The first kappa shape index (κ1) is 23.4. The molecule has 5 rings (SSSR count). The summed E-state index contributed by atoms with van der Waals surface area (Å²) >= 11 is 0. The molecule has 0 radical (unpaired) electrons. The van der Waals surface area contributed by atoms with E-state index in [1.807, 2.05) is 12.1 Å². The fourth-order valence-corrected chi connectivity index (χ4v) is 5.29. The molecule has 0 atom stereocenters. The maximum atomic E-state index is 14.9. The standard InChI is InChI=1S/C28H30F2N4O/c1-16(2)34-11-8-18(9-12-34)17-3-5-19(6-4-17)22-15-23(27(31)33-26(22)30)21-13-20-7-10-32-28(35)25(20)24(29)14-21/h3-6,13-16,18H,7-12H2,1-2H3,(H2,31,33)(H,32,35). The van der Waals surface area contributed by atoms with Gasteiger partial charge in [0.15, 0.2) is 0 Å². The number of anilines is 1. The Morgan fingerprint density at radius 1 is 1.03 bits per heavy atom. The summed E-state index contributed by atoms with van der Waals surface area (Å²) in [6.45, 7) is 7.08. The van der Waals surface area contributed by atoms with Crippen LogP contribution < -0.4 is 11.1 Å². The predicted octanol–water partition coefficient (Wildman–Crippen LogP) is 5.15. The zero-order valence-electron chi connectivity index (χ0n) is 20.1. The number of hydrogen-bond acceptors (Lipinski definition) is 4. The summed E-state index contributed by atoms with van der Waals surface area (Å²) in [6, 6.07) is 13.2. The van der Waals surface area contributed by atoms with Gasteiger partial charge in [0.25, 0.3) is 5.91 Å². The number of carbonyl (C=O) groups is 1. The largest absolute Gasteiger partial charge is 0.383 e. The topological polar surface area (TPSA) is 71.2 Å². The van der Waals surface area contributed by atoms with Crippen molar-refractivity contribution in [2.24, 2.45) is 0 Å². The molecule has 0 bridgehead atoms. The average molecular weight is 477 g/mol. The Balaban J connectivity index is 1.44. The van der Waals surface area contributed by atoms with Gasteiger partial charge in [0, 0.05) is 23.7 Å². The highest BCUT2D eigenvalue weighted by Crippen LogP contribution is 2.35. The Kier molecular flexibility index (Phi) is 6.28. The van der Waals surface area contributed by atoms with Crippen LogP contribution in [0.1, 0.15) is 54.1 Å². The Morgan fingerprint density at radius 2 is 1.74 bits per heavy atom. The van der Waals surface area contributed by atoms with Gasteiger partial charge in [0.05, 0.1) is 5.56 Å². The molecule has 7 heteroatoms. The van der Waals surface area contributed by atoms with Gasteiger partial charge < -0.3 is 16.0 Å². The van der Waals surface area contributed by atoms with Gasteiger partial charge in [-0.1, -0.05) is 24.3 Å². The number of nitrogens with two attached hydrogens (primary N) is 1. The molecule has 2 aliphatic heterocycles. The number of halogens is 2. The molecule has 1 aromatic heterocycles. The van der Waals surface area contributed by atoms with E-state index in [0.717, 1.165) is 25.9 Å². The number of nitrogen functional groups attached to an aromatic ring is 1. The van der Waals surface area contributed by atoms with Crippen molar-refractivity contribution >= 4 is 11.7 Å². The van der Waals surface area contributed by atoms with E-state index in [9.17, 15) is 13.6 Å². The number of amides is 1. The van der Waals surface area contributed by atoms with Crippen LogP contribution in [0.5, 0.6) is 0 Å². The highest BCUT2D eigenvalue weighted by atomic mass is 19.1. The number of aromatic nitrogens is 1. The van der Waals surface area contributed by atoms with Crippen LogP contribution in [0.3, 0.4) is 0 Å². The molecule has 0 unspecified atom stereocenters. The van der Waals surface area contributed by atoms with E-state index in [1.54, 1.807) is 12.1 Å². The fourth-order valence-electron chi connectivity index (χ4n) is 5.29. The number of piperidine rings is 1. The molecule has 35 heavy (non-hydrogen) atoms. The Morgan fingerprint density at radius 3 is 2.43 bits per heavy atom. The summed E-state index contributed by atoms with van der Waals surface area (Å²) in [5.41, 5.74) is 9.91. The van der Waals surface area contributed by atoms with Crippen molar-refractivity contribution in [3.63, 3.8) is 0 Å². The van der Waals surface area contributed by atoms with Gasteiger partial charge in [-0.3, -0.25) is 4.79 Å².